The van der Waals surface area contributed by atoms with Gasteiger partial charge in [0, 0.05) is 25.8 Å². The van der Waals surface area contributed by atoms with Crippen LogP contribution >= 0.6 is 0 Å². The fraction of sp³-hybridized carbons (Fsp3) is 0.520. The number of rotatable bonds is 7. The zero-order chi connectivity index (χ0) is 22.5. The topological polar surface area (TPSA) is 75.6 Å². The van der Waals surface area contributed by atoms with E-state index in [4.69, 9.17) is 4.74 Å². The largest absolute Gasteiger partial charge is 0.494 e. The molecule has 0 saturated carbocycles. The molecular formula is C25H32N4O3. The van der Waals surface area contributed by atoms with Gasteiger partial charge in [0.05, 0.1) is 30.3 Å². The summed E-state index contributed by atoms with van der Waals surface area (Å²) in [5, 5.41) is 0. The quantitative estimate of drug-likeness (QED) is 0.661. The number of hydrogen-bond donors (Lipinski definition) is 0. The third-order valence-corrected chi connectivity index (χ3v) is 6.24. The normalized spacial score (nSPS) is 18.2. The van der Waals surface area contributed by atoms with E-state index in [-0.39, 0.29) is 17.9 Å². The average Bonchev–Trinajstić information content (AvgIpc) is 3.50. The van der Waals surface area contributed by atoms with Gasteiger partial charge in [-0.05, 0) is 56.7 Å². The molecule has 1 atom stereocenters. The summed E-state index contributed by atoms with van der Waals surface area (Å²) in [4.78, 5) is 38.7. The lowest BCUT2D eigenvalue weighted by molar-refractivity contribution is -0.131. The molecule has 4 rings (SSSR count). The molecule has 7 heteroatoms. The van der Waals surface area contributed by atoms with E-state index in [1.54, 1.807) is 6.20 Å². The number of amides is 2. The van der Waals surface area contributed by atoms with Gasteiger partial charge in [-0.2, -0.15) is 0 Å². The molecular weight excluding hydrogens is 404 g/mol. The van der Waals surface area contributed by atoms with E-state index in [0.717, 1.165) is 56.5 Å². The Morgan fingerprint density at radius 3 is 2.53 bits per heavy atom. The van der Waals surface area contributed by atoms with Gasteiger partial charge in [-0.1, -0.05) is 19.1 Å². The summed E-state index contributed by atoms with van der Waals surface area (Å²) in [6.45, 7) is 6.93. The number of carbonyl (C=O) groups is 2. The highest BCUT2D eigenvalue weighted by molar-refractivity contribution is 5.95. The van der Waals surface area contributed by atoms with Crippen LogP contribution in [-0.4, -0.2) is 57.8 Å². The Labute approximate surface area is 189 Å². The third-order valence-electron chi connectivity index (χ3n) is 6.24. The molecule has 0 radical (unpaired) electrons. The van der Waals surface area contributed by atoms with Crippen molar-refractivity contribution < 1.29 is 14.3 Å². The first-order valence-corrected chi connectivity index (χ1v) is 11.7. The van der Waals surface area contributed by atoms with Crippen molar-refractivity contribution in [2.45, 2.75) is 58.4 Å². The number of aryl methyl sites for hydroxylation is 1. The lowest BCUT2D eigenvalue weighted by Crippen LogP contribution is -2.33. The summed E-state index contributed by atoms with van der Waals surface area (Å²) in [6.07, 6.45) is 6.83. The fourth-order valence-corrected chi connectivity index (χ4v) is 4.48. The number of likely N-dealkylation sites (tertiary alicyclic amines) is 2. The van der Waals surface area contributed by atoms with Gasteiger partial charge in [-0.15, -0.1) is 0 Å². The molecule has 2 aliphatic rings. The summed E-state index contributed by atoms with van der Waals surface area (Å²) in [6, 6.07) is 7.61. The van der Waals surface area contributed by atoms with Gasteiger partial charge in [0.1, 0.15) is 5.75 Å². The first-order valence-electron chi connectivity index (χ1n) is 11.7. The first-order chi connectivity index (χ1) is 15.6. The maximum Gasteiger partial charge on any atom is 0.257 e. The summed E-state index contributed by atoms with van der Waals surface area (Å²) in [7, 11) is 0. The number of benzene rings is 1. The van der Waals surface area contributed by atoms with Crippen LogP contribution in [0.3, 0.4) is 0 Å². The summed E-state index contributed by atoms with van der Waals surface area (Å²) in [5.41, 5.74) is 2.22. The number of nitrogens with zero attached hydrogens (tertiary/aromatic N) is 4. The molecule has 1 aromatic carbocycles. The van der Waals surface area contributed by atoms with Crippen LogP contribution in [0, 0.1) is 6.92 Å². The average molecular weight is 437 g/mol. The highest BCUT2D eigenvalue weighted by atomic mass is 16.5. The molecule has 1 aromatic heterocycles. The van der Waals surface area contributed by atoms with E-state index >= 15 is 0 Å². The number of hydrogen-bond acceptors (Lipinski definition) is 5. The molecule has 0 spiro atoms. The van der Waals surface area contributed by atoms with Crippen molar-refractivity contribution in [1.82, 2.24) is 19.8 Å². The molecule has 0 bridgehead atoms. The lowest BCUT2D eigenvalue weighted by Gasteiger charge is -2.24. The maximum atomic E-state index is 13.1. The van der Waals surface area contributed by atoms with Crippen molar-refractivity contribution in [3.63, 3.8) is 0 Å². The van der Waals surface area contributed by atoms with Crippen molar-refractivity contribution >= 4 is 11.8 Å². The molecule has 0 unspecified atom stereocenters. The van der Waals surface area contributed by atoms with Crippen molar-refractivity contribution in [2.75, 3.05) is 26.2 Å². The highest BCUT2D eigenvalue weighted by Crippen LogP contribution is 2.31. The Hall–Kier alpha value is -2.96. The predicted octanol–water partition coefficient (Wildman–Crippen LogP) is 3.72. The second-order valence-corrected chi connectivity index (χ2v) is 8.64. The van der Waals surface area contributed by atoms with E-state index < -0.39 is 0 Å². The first kappa shape index (κ1) is 22.2. The minimum atomic E-state index is -0.135. The van der Waals surface area contributed by atoms with E-state index in [1.165, 1.54) is 0 Å². The Morgan fingerprint density at radius 2 is 1.84 bits per heavy atom. The Kier molecular flexibility index (Phi) is 7.02. The van der Waals surface area contributed by atoms with Gasteiger partial charge in [0.15, 0.2) is 5.82 Å². The smallest absolute Gasteiger partial charge is 0.257 e. The summed E-state index contributed by atoms with van der Waals surface area (Å²) >= 11 is 0. The minimum Gasteiger partial charge on any atom is -0.494 e. The van der Waals surface area contributed by atoms with Crippen LogP contribution in [0.1, 0.15) is 72.5 Å². The highest BCUT2D eigenvalue weighted by Gasteiger charge is 2.32. The minimum absolute atomic E-state index is 0.0114. The van der Waals surface area contributed by atoms with Crippen molar-refractivity contribution in [3.8, 4) is 5.75 Å². The molecule has 32 heavy (non-hydrogen) atoms. The van der Waals surface area contributed by atoms with Gasteiger partial charge in [0.2, 0.25) is 5.91 Å². The van der Waals surface area contributed by atoms with Crippen LogP contribution in [0.2, 0.25) is 0 Å². The van der Waals surface area contributed by atoms with Gasteiger partial charge in [0.25, 0.3) is 5.91 Å². The standard InChI is InChI=1S/C25H32N4O3/c1-3-15-32-20-10-8-19(9-11-20)16-23(30)29-14-6-7-22(29)24-26-17-21(18(2)27-24)25(31)28-12-4-5-13-28/h8-11,17,22H,3-7,12-16H2,1-2H3/t22-/m0/s1. The van der Waals surface area contributed by atoms with Crippen LogP contribution in [0.15, 0.2) is 30.5 Å². The van der Waals surface area contributed by atoms with Crippen LogP contribution in [-0.2, 0) is 11.2 Å². The molecule has 3 heterocycles. The summed E-state index contributed by atoms with van der Waals surface area (Å²) < 4.78 is 5.62. The van der Waals surface area contributed by atoms with E-state index in [2.05, 4.69) is 16.9 Å². The number of carbonyl (C=O) groups excluding carboxylic acids is 2. The van der Waals surface area contributed by atoms with Crippen LogP contribution in [0.25, 0.3) is 0 Å². The molecule has 7 nitrogen and oxygen atoms in total. The molecule has 0 aliphatic carbocycles. The molecule has 2 saturated heterocycles. The van der Waals surface area contributed by atoms with Crippen LogP contribution in [0.4, 0.5) is 0 Å². The zero-order valence-corrected chi connectivity index (χ0v) is 19.0. The van der Waals surface area contributed by atoms with Gasteiger partial charge < -0.3 is 14.5 Å². The fourth-order valence-electron chi connectivity index (χ4n) is 4.48. The van der Waals surface area contributed by atoms with Crippen LogP contribution in [0.5, 0.6) is 5.75 Å². The second-order valence-electron chi connectivity index (χ2n) is 8.64. The monoisotopic (exact) mass is 436 g/mol. The second kappa shape index (κ2) is 10.1. The Balaban J connectivity index is 1.43. The van der Waals surface area contributed by atoms with E-state index in [9.17, 15) is 9.59 Å². The predicted molar refractivity (Wildman–Crippen MR) is 122 cm³/mol. The molecule has 2 fully saturated rings. The SMILES string of the molecule is CCCOc1ccc(CC(=O)N2CCC[C@H]2c2ncc(C(=O)N3CCCC3)c(C)n2)cc1. The maximum absolute atomic E-state index is 13.1. The number of aromatic nitrogens is 2. The van der Waals surface area contributed by atoms with Gasteiger partial charge in [-0.25, -0.2) is 9.97 Å². The van der Waals surface area contributed by atoms with E-state index in [0.29, 0.717) is 36.7 Å². The van der Waals surface area contributed by atoms with Crippen molar-refractivity contribution in [3.05, 3.63) is 53.1 Å². The zero-order valence-electron chi connectivity index (χ0n) is 19.0. The molecule has 2 amide bonds. The third kappa shape index (κ3) is 4.92. The van der Waals surface area contributed by atoms with Crippen molar-refractivity contribution in [2.24, 2.45) is 0 Å². The van der Waals surface area contributed by atoms with Crippen LogP contribution < -0.4 is 4.74 Å². The van der Waals surface area contributed by atoms with Gasteiger partial charge in [-0.3, -0.25) is 9.59 Å². The lowest BCUT2D eigenvalue weighted by atomic mass is 10.1. The van der Waals surface area contributed by atoms with Crippen molar-refractivity contribution in [1.29, 1.82) is 0 Å². The van der Waals surface area contributed by atoms with E-state index in [1.807, 2.05) is 41.0 Å². The van der Waals surface area contributed by atoms with Gasteiger partial charge >= 0.3 is 0 Å². The summed E-state index contributed by atoms with van der Waals surface area (Å²) in [5.74, 6) is 1.55. The Morgan fingerprint density at radius 1 is 1.09 bits per heavy atom. The molecule has 170 valence electrons. The number of ether oxygens (including phenoxy) is 1. The molecule has 2 aliphatic heterocycles. The molecule has 0 N–H and O–H groups in total. The molecule has 2 aromatic rings. The Bertz CT molecular complexity index is 954.